The first-order valence-electron chi connectivity index (χ1n) is 15.3. The fraction of sp³-hybridized carbons (Fsp3) is 0. The predicted octanol–water partition coefficient (Wildman–Crippen LogP) is 11.2. The van der Waals surface area contributed by atoms with Crippen molar-refractivity contribution in [1.29, 1.82) is 0 Å². The molecule has 2 aromatic heterocycles. The fourth-order valence-electron chi connectivity index (χ4n) is 5.45. The molecule has 2 nitrogen and oxygen atoms in total. The van der Waals surface area contributed by atoms with Gasteiger partial charge in [0.1, 0.15) is 0 Å². The van der Waals surface area contributed by atoms with E-state index in [1.54, 1.807) is 0 Å². The Morgan fingerprint density at radius 2 is 0.915 bits per heavy atom. The zero-order valence-electron chi connectivity index (χ0n) is 25.5. The van der Waals surface area contributed by atoms with E-state index in [-0.39, 0.29) is 20.1 Å². The van der Waals surface area contributed by atoms with E-state index in [4.69, 9.17) is 0 Å². The van der Waals surface area contributed by atoms with E-state index in [1.807, 2.05) is 67.0 Å². The second-order valence-electron chi connectivity index (χ2n) is 10.9. The average Bonchev–Trinajstić information content (AvgIpc) is 3.16. The molecule has 0 atom stereocenters. The van der Waals surface area contributed by atoms with Crippen LogP contribution in [0.1, 0.15) is 0 Å². The molecule has 6 aromatic carbocycles. The van der Waals surface area contributed by atoms with Crippen LogP contribution in [0.5, 0.6) is 0 Å². The number of nitrogens with zero attached hydrogens (tertiary/aromatic N) is 2. The number of pyridine rings is 2. The molecular weight excluding hydrogens is 749 g/mol. The third-order valence-corrected chi connectivity index (χ3v) is 7.89. The fourth-order valence-corrected chi connectivity index (χ4v) is 5.45. The number of hydrogen-bond donors (Lipinski definition) is 0. The van der Waals surface area contributed by atoms with E-state index < -0.39 is 0 Å². The molecule has 0 saturated carbocycles. The molecule has 0 aliphatic carbocycles. The Balaban J connectivity index is 0.000000161. The van der Waals surface area contributed by atoms with Crippen LogP contribution < -0.4 is 0 Å². The van der Waals surface area contributed by atoms with Crippen molar-refractivity contribution < 1.29 is 20.1 Å². The Kier molecular flexibility index (Phi) is 10.2. The molecule has 8 aromatic rings. The van der Waals surface area contributed by atoms with E-state index >= 15 is 0 Å². The van der Waals surface area contributed by atoms with Crippen LogP contribution in [0.15, 0.2) is 182 Å². The van der Waals surface area contributed by atoms with Gasteiger partial charge in [-0.3, -0.25) is 0 Å². The van der Waals surface area contributed by atoms with Crippen molar-refractivity contribution in [3.8, 4) is 55.9 Å². The maximum atomic E-state index is 4.58. The smallest absolute Gasteiger partial charge is 0.0239 e. The third kappa shape index (κ3) is 7.68. The Labute approximate surface area is 289 Å². The van der Waals surface area contributed by atoms with Gasteiger partial charge in [-0.05, 0) is 56.0 Å². The first kappa shape index (κ1) is 31.5. The number of hydrogen-bond acceptors (Lipinski definition) is 2. The summed E-state index contributed by atoms with van der Waals surface area (Å²) in [7, 11) is 0. The quantitative estimate of drug-likeness (QED) is 0.163. The van der Waals surface area contributed by atoms with Gasteiger partial charge in [-0.1, -0.05) is 121 Å². The molecule has 0 spiro atoms. The Bertz CT molecular complexity index is 2180. The summed E-state index contributed by atoms with van der Waals surface area (Å²) in [6.07, 6.45) is 3.78. The molecular formula is C44H30IrN2-2. The molecule has 3 heteroatoms. The van der Waals surface area contributed by atoms with E-state index in [1.165, 1.54) is 33.2 Å². The summed E-state index contributed by atoms with van der Waals surface area (Å²) < 4.78 is 0. The van der Waals surface area contributed by atoms with Gasteiger partial charge in [0.05, 0.1) is 0 Å². The topological polar surface area (TPSA) is 25.8 Å². The Morgan fingerprint density at radius 1 is 0.362 bits per heavy atom. The maximum absolute atomic E-state index is 4.58. The van der Waals surface area contributed by atoms with Crippen molar-refractivity contribution in [2.45, 2.75) is 0 Å². The molecule has 0 fully saturated rings. The minimum absolute atomic E-state index is 0. The second kappa shape index (κ2) is 15.2. The number of fused-ring (bicyclic) bond motifs is 1. The summed E-state index contributed by atoms with van der Waals surface area (Å²) in [4.78, 5) is 9.05. The zero-order valence-corrected chi connectivity index (χ0v) is 27.9. The number of aromatic nitrogens is 2. The van der Waals surface area contributed by atoms with Gasteiger partial charge >= 0.3 is 0 Å². The summed E-state index contributed by atoms with van der Waals surface area (Å²) in [6, 6.07) is 64.7. The van der Waals surface area contributed by atoms with Crippen LogP contribution in [0.25, 0.3) is 66.7 Å². The van der Waals surface area contributed by atoms with E-state index in [0.717, 1.165) is 33.5 Å². The van der Waals surface area contributed by atoms with Crippen LogP contribution in [0.4, 0.5) is 0 Å². The Morgan fingerprint density at radius 3 is 1.62 bits per heavy atom. The van der Waals surface area contributed by atoms with E-state index in [0.29, 0.717) is 0 Å². The van der Waals surface area contributed by atoms with Crippen LogP contribution in [0.3, 0.4) is 0 Å². The van der Waals surface area contributed by atoms with Crippen LogP contribution in [-0.2, 0) is 20.1 Å². The first-order valence-corrected chi connectivity index (χ1v) is 15.3. The largest absolute Gasteiger partial charge is 0.305 e. The van der Waals surface area contributed by atoms with Gasteiger partial charge in [-0.15, -0.1) is 71.3 Å². The predicted molar refractivity (Wildman–Crippen MR) is 191 cm³/mol. The normalized spacial score (nSPS) is 10.4. The van der Waals surface area contributed by atoms with Crippen molar-refractivity contribution in [3.63, 3.8) is 0 Å². The summed E-state index contributed by atoms with van der Waals surface area (Å²) in [5.41, 5.74) is 11.1. The molecule has 47 heavy (non-hydrogen) atoms. The number of benzene rings is 6. The summed E-state index contributed by atoms with van der Waals surface area (Å²) >= 11 is 0. The molecule has 0 aliphatic rings. The van der Waals surface area contributed by atoms with Gasteiger partial charge in [0, 0.05) is 32.5 Å². The maximum Gasteiger partial charge on any atom is 0.0239 e. The zero-order chi connectivity index (χ0) is 31.0. The van der Waals surface area contributed by atoms with Crippen molar-refractivity contribution in [2.24, 2.45) is 0 Å². The molecule has 0 amide bonds. The molecule has 227 valence electrons. The van der Waals surface area contributed by atoms with Crippen molar-refractivity contribution >= 4 is 10.8 Å². The van der Waals surface area contributed by atoms with E-state index in [2.05, 4.69) is 137 Å². The SMILES string of the molecule is [Ir].[c-]1ccc(-c2ccccc2)cc1-c1cc2ccccc2cn1.[c-]1ccccc1-c1cc(-c2ccc(-c3ccccc3)cc2)ccn1. The summed E-state index contributed by atoms with van der Waals surface area (Å²) in [6.45, 7) is 0. The molecule has 0 aliphatic heterocycles. The summed E-state index contributed by atoms with van der Waals surface area (Å²) in [5, 5.41) is 2.36. The minimum atomic E-state index is 0. The van der Waals surface area contributed by atoms with Gasteiger partial charge in [-0.25, -0.2) is 0 Å². The van der Waals surface area contributed by atoms with Crippen molar-refractivity contribution in [3.05, 3.63) is 194 Å². The second-order valence-corrected chi connectivity index (χ2v) is 10.9. The number of rotatable bonds is 5. The van der Waals surface area contributed by atoms with Crippen LogP contribution in [-0.4, -0.2) is 9.97 Å². The van der Waals surface area contributed by atoms with Gasteiger partial charge in [0.2, 0.25) is 0 Å². The van der Waals surface area contributed by atoms with Crippen molar-refractivity contribution in [2.75, 3.05) is 0 Å². The standard InChI is InChI=1S/C23H16N.C21H14N.Ir/c1-3-7-18(8-4-1)19-11-13-20(14-12-19)22-15-16-24-23(17-22)21-9-5-2-6-10-21;1-2-7-16(8-3-1)17-11-6-12-19(13-17)21-14-18-9-4-5-10-20(18)15-22-21;/h1-9,11-17H;1-11,13-15H;/q2*-1;. The molecule has 2 heterocycles. The molecule has 0 N–H and O–H groups in total. The average molecular weight is 779 g/mol. The molecule has 8 rings (SSSR count). The monoisotopic (exact) mass is 779 g/mol. The van der Waals surface area contributed by atoms with E-state index in [9.17, 15) is 0 Å². The molecule has 0 saturated heterocycles. The van der Waals surface area contributed by atoms with Crippen molar-refractivity contribution in [1.82, 2.24) is 9.97 Å². The molecule has 0 unspecified atom stereocenters. The van der Waals surface area contributed by atoms with Gasteiger partial charge < -0.3 is 9.97 Å². The first-order chi connectivity index (χ1) is 22.8. The molecule has 0 bridgehead atoms. The van der Waals surface area contributed by atoms with Crippen LogP contribution in [0, 0.1) is 12.1 Å². The molecule has 1 radical (unpaired) electrons. The van der Waals surface area contributed by atoms with Gasteiger partial charge in [-0.2, -0.15) is 0 Å². The van der Waals surface area contributed by atoms with Gasteiger partial charge in [0.15, 0.2) is 0 Å². The van der Waals surface area contributed by atoms with Crippen LogP contribution >= 0.6 is 0 Å². The Hall–Kier alpha value is -5.47. The third-order valence-electron chi connectivity index (χ3n) is 7.89. The minimum Gasteiger partial charge on any atom is -0.305 e. The summed E-state index contributed by atoms with van der Waals surface area (Å²) in [5.74, 6) is 0. The van der Waals surface area contributed by atoms with Gasteiger partial charge in [0.25, 0.3) is 0 Å². The van der Waals surface area contributed by atoms with Crippen LogP contribution in [0.2, 0.25) is 0 Å².